The fourth-order valence-corrected chi connectivity index (χ4v) is 4.70. The highest BCUT2D eigenvalue weighted by Gasteiger charge is 2.26. The van der Waals surface area contributed by atoms with Crippen LogP contribution < -0.4 is 0 Å². The zero-order valence-corrected chi connectivity index (χ0v) is 19.1. The van der Waals surface area contributed by atoms with E-state index in [0.717, 1.165) is 82.4 Å². The van der Waals surface area contributed by atoms with Crippen molar-refractivity contribution in [3.8, 4) is 0 Å². The number of piperazine rings is 1. The van der Waals surface area contributed by atoms with E-state index in [1.807, 2.05) is 13.0 Å². The molecule has 2 aliphatic rings. The standard InChI is InChI=1S/C25H36N4O2/c1-20-3-5-22(6-4-20)7-8-23-9-11-29(12-10-23)25(30)19-28-15-13-27(14-16-28)18-24-17-21(2)26-31-24/h3-6,17,23H,7-16,18-19H2,1-2H3. The van der Waals surface area contributed by atoms with E-state index in [-0.39, 0.29) is 0 Å². The Hall–Kier alpha value is -2.18. The molecule has 2 aromatic rings. The summed E-state index contributed by atoms with van der Waals surface area (Å²) in [4.78, 5) is 19.6. The van der Waals surface area contributed by atoms with Crippen molar-refractivity contribution in [1.82, 2.24) is 19.9 Å². The third kappa shape index (κ3) is 6.40. The van der Waals surface area contributed by atoms with Crippen LogP contribution in [0.1, 0.15) is 41.8 Å². The normalized spacial score (nSPS) is 19.1. The number of carbonyl (C=O) groups excluding carboxylic acids is 1. The summed E-state index contributed by atoms with van der Waals surface area (Å²) in [5, 5.41) is 3.96. The number of amides is 1. The lowest BCUT2D eigenvalue weighted by Gasteiger charge is -2.36. The summed E-state index contributed by atoms with van der Waals surface area (Å²) in [6.45, 7) is 11.1. The Balaban J connectivity index is 1.13. The quantitative estimate of drug-likeness (QED) is 0.683. The van der Waals surface area contributed by atoms with Gasteiger partial charge in [0, 0.05) is 45.3 Å². The van der Waals surface area contributed by atoms with Crippen molar-refractivity contribution in [3.63, 3.8) is 0 Å². The second-order valence-electron chi connectivity index (χ2n) is 9.34. The van der Waals surface area contributed by atoms with Crippen LogP contribution in [0, 0.1) is 19.8 Å². The van der Waals surface area contributed by atoms with Crippen LogP contribution >= 0.6 is 0 Å². The number of benzene rings is 1. The predicted octanol–water partition coefficient (Wildman–Crippen LogP) is 3.28. The van der Waals surface area contributed by atoms with Gasteiger partial charge >= 0.3 is 0 Å². The van der Waals surface area contributed by atoms with Crippen molar-refractivity contribution < 1.29 is 9.32 Å². The maximum absolute atomic E-state index is 12.8. The fraction of sp³-hybridized carbons (Fsp3) is 0.600. The summed E-state index contributed by atoms with van der Waals surface area (Å²) in [6, 6.07) is 10.9. The molecule has 1 amide bonds. The predicted molar refractivity (Wildman–Crippen MR) is 122 cm³/mol. The number of hydrogen-bond acceptors (Lipinski definition) is 5. The largest absolute Gasteiger partial charge is 0.360 e. The summed E-state index contributed by atoms with van der Waals surface area (Å²) < 4.78 is 5.33. The minimum atomic E-state index is 0.302. The summed E-state index contributed by atoms with van der Waals surface area (Å²) >= 11 is 0. The molecule has 1 aromatic carbocycles. The molecular weight excluding hydrogens is 388 g/mol. The van der Waals surface area contributed by atoms with Gasteiger partial charge in [0.2, 0.25) is 5.91 Å². The number of aromatic nitrogens is 1. The van der Waals surface area contributed by atoms with Crippen LogP contribution in [-0.4, -0.2) is 71.6 Å². The number of nitrogens with zero attached hydrogens (tertiary/aromatic N) is 4. The number of likely N-dealkylation sites (tertiary alicyclic amines) is 1. The highest BCUT2D eigenvalue weighted by atomic mass is 16.5. The average Bonchev–Trinajstić information content (AvgIpc) is 3.19. The molecule has 4 rings (SSSR count). The van der Waals surface area contributed by atoms with E-state index in [1.54, 1.807) is 0 Å². The molecular formula is C25H36N4O2. The van der Waals surface area contributed by atoms with E-state index in [1.165, 1.54) is 17.5 Å². The van der Waals surface area contributed by atoms with Crippen molar-refractivity contribution in [3.05, 3.63) is 52.9 Å². The molecule has 168 valence electrons. The lowest BCUT2D eigenvalue weighted by atomic mass is 9.90. The summed E-state index contributed by atoms with van der Waals surface area (Å²) in [5.41, 5.74) is 3.68. The summed E-state index contributed by atoms with van der Waals surface area (Å²) in [6.07, 6.45) is 4.67. The molecule has 2 fully saturated rings. The SMILES string of the molecule is Cc1ccc(CCC2CCN(C(=O)CN3CCN(Cc4cc(C)no4)CC3)CC2)cc1. The van der Waals surface area contributed by atoms with Crippen LogP contribution in [-0.2, 0) is 17.8 Å². The van der Waals surface area contributed by atoms with Crippen molar-refractivity contribution in [2.24, 2.45) is 5.92 Å². The lowest BCUT2D eigenvalue weighted by molar-refractivity contribution is -0.134. The van der Waals surface area contributed by atoms with Crippen LogP contribution in [0.5, 0.6) is 0 Å². The Morgan fingerprint density at radius 1 is 1.00 bits per heavy atom. The van der Waals surface area contributed by atoms with Gasteiger partial charge in [-0.1, -0.05) is 35.0 Å². The van der Waals surface area contributed by atoms with Gasteiger partial charge < -0.3 is 9.42 Å². The topological polar surface area (TPSA) is 52.8 Å². The van der Waals surface area contributed by atoms with Crippen molar-refractivity contribution in [2.45, 2.75) is 46.1 Å². The van der Waals surface area contributed by atoms with Gasteiger partial charge in [-0.05, 0) is 51.0 Å². The van der Waals surface area contributed by atoms with E-state index >= 15 is 0 Å². The molecule has 6 nitrogen and oxygen atoms in total. The van der Waals surface area contributed by atoms with E-state index in [9.17, 15) is 4.79 Å². The first kappa shape index (κ1) is 22.0. The Morgan fingerprint density at radius 3 is 2.32 bits per heavy atom. The maximum Gasteiger partial charge on any atom is 0.236 e. The van der Waals surface area contributed by atoms with Crippen LogP contribution in [0.25, 0.3) is 0 Å². The highest BCUT2D eigenvalue weighted by Crippen LogP contribution is 2.23. The zero-order valence-electron chi connectivity index (χ0n) is 19.1. The van der Waals surface area contributed by atoms with E-state index < -0.39 is 0 Å². The third-order valence-electron chi connectivity index (χ3n) is 6.81. The van der Waals surface area contributed by atoms with Gasteiger partial charge in [0.25, 0.3) is 0 Å². The molecule has 2 saturated heterocycles. The van der Waals surface area contributed by atoms with Crippen LogP contribution in [0.3, 0.4) is 0 Å². The molecule has 0 unspecified atom stereocenters. The number of piperidine rings is 1. The molecule has 31 heavy (non-hydrogen) atoms. The molecule has 0 spiro atoms. The van der Waals surface area contributed by atoms with Crippen molar-refractivity contribution in [2.75, 3.05) is 45.8 Å². The molecule has 2 aliphatic heterocycles. The summed E-state index contributed by atoms with van der Waals surface area (Å²) in [7, 11) is 0. The van der Waals surface area contributed by atoms with Crippen molar-refractivity contribution >= 4 is 5.91 Å². The molecule has 0 saturated carbocycles. The number of hydrogen-bond donors (Lipinski definition) is 0. The average molecular weight is 425 g/mol. The molecule has 0 aliphatic carbocycles. The minimum absolute atomic E-state index is 0.302. The molecule has 3 heterocycles. The number of rotatable bonds is 7. The lowest BCUT2D eigenvalue weighted by Crippen LogP contribution is -2.50. The summed E-state index contributed by atoms with van der Waals surface area (Å²) in [5.74, 6) is 1.97. The van der Waals surface area contributed by atoms with Gasteiger partial charge in [0.05, 0.1) is 18.8 Å². The number of aryl methyl sites for hydroxylation is 3. The van der Waals surface area contributed by atoms with Gasteiger partial charge in [-0.2, -0.15) is 0 Å². The molecule has 0 atom stereocenters. The van der Waals surface area contributed by atoms with E-state index in [2.05, 4.69) is 51.0 Å². The Kier molecular flexibility index (Phi) is 7.41. The third-order valence-corrected chi connectivity index (χ3v) is 6.81. The second kappa shape index (κ2) is 10.4. The fourth-order valence-electron chi connectivity index (χ4n) is 4.70. The Labute approximate surface area is 186 Å². The number of carbonyl (C=O) groups is 1. The van der Waals surface area contributed by atoms with Gasteiger partial charge in [0.1, 0.15) is 0 Å². The van der Waals surface area contributed by atoms with Gasteiger partial charge in [-0.25, -0.2) is 0 Å². The minimum Gasteiger partial charge on any atom is -0.360 e. The van der Waals surface area contributed by atoms with Crippen molar-refractivity contribution in [1.29, 1.82) is 0 Å². The molecule has 0 bridgehead atoms. The second-order valence-corrected chi connectivity index (χ2v) is 9.34. The van der Waals surface area contributed by atoms with E-state index in [0.29, 0.717) is 12.5 Å². The Morgan fingerprint density at radius 2 is 1.68 bits per heavy atom. The van der Waals surface area contributed by atoms with Gasteiger partial charge in [-0.3, -0.25) is 14.6 Å². The van der Waals surface area contributed by atoms with Gasteiger partial charge in [0.15, 0.2) is 5.76 Å². The first-order chi connectivity index (χ1) is 15.0. The Bertz CT molecular complexity index is 831. The van der Waals surface area contributed by atoms with Crippen LogP contribution in [0.15, 0.2) is 34.9 Å². The van der Waals surface area contributed by atoms with Crippen LogP contribution in [0.4, 0.5) is 0 Å². The maximum atomic E-state index is 12.8. The first-order valence-corrected chi connectivity index (χ1v) is 11.8. The molecule has 0 radical (unpaired) electrons. The zero-order chi connectivity index (χ0) is 21.6. The monoisotopic (exact) mass is 424 g/mol. The van der Waals surface area contributed by atoms with Gasteiger partial charge in [-0.15, -0.1) is 0 Å². The molecule has 0 N–H and O–H groups in total. The van der Waals surface area contributed by atoms with Crippen LogP contribution in [0.2, 0.25) is 0 Å². The molecule has 6 heteroatoms. The molecule has 1 aromatic heterocycles. The smallest absolute Gasteiger partial charge is 0.236 e. The first-order valence-electron chi connectivity index (χ1n) is 11.8. The highest BCUT2D eigenvalue weighted by molar-refractivity contribution is 5.78. The van der Waals surface area contributed by atoms with E-state index in [4.69, 9.17) is 4.52 Å².